The Morgan fingerprint density at radius 3 is 2.43 bits per heavy atom. The quantitative estimate of drug-likeness (QED) is 0.679. The number of rotatable bonds is 1. The van der Waals surface area contributed by atoms with Gasteiger partial charge in [-0.1, -0.05) is 32.4 Å². The van der Waals surface area contributed by atoms with Crippen LogP contribution in [-0.2, 0) is 0 Å². The fourth-order valence-corrected chi connectivity index (χ4v) is 1.64. The Hall–Kier alpha value is -1.15. The maximum Gasteiger partial charge on any atom is 0.0801 e. The number of pyridine rings is 1. The summed E-state index contributed by atoms with van der Waals surface area (Å²) in [6.07, 6.45) is 3.06. The number of hydrogen-bond acceptors (Lipinski definition) is 2. The van der Waals surface area contributed by atoms with Crippen LogP contribution in [0.3, 0.4) is 0 Å². The Kier molecular flexibility index (Phi) is 4.94. The van der Waals surface area contributed by atoms with E-state index in [0.29, 0.717) is 0 Å². The smallest absolute Gasteiger partial charge is 0.0801 e. The van der Waals surface area contributed by atoms with Crippen LogP contribution in [0.15, 0.2) is 41.9 Å². The van der Waals surface area contributed by atoms with E-state index in [1.54, 1.807) is 11.3 Å². The van der Waals surface area contributed by atoms with Gasteiger partial charge in [0.15, 0.2) is 0 Å². The van der Waals surface area contributed by atoms with Gasteiger partial charge in [-0.15, -0.1) is 11.3 Å². The van der Waals surface area contributed by atoms with Crippen molar-refractivity contribution >= 4 is 11.3 Å². The molecule has 0 saturated heterocycles. The second kappa shape index (κ2) is 6.33. The maximum atomic E-state index is 4.23. The molecule has 0 spiro atoms. The highest BCUT2D eigenvalue weighted by Crippen LogP contribution is 2.21. The minimum Gasteiger partial charge on any atom is -0.255 e. The lowest BCUT2D eigenvalue weighted by Gasteiger charge is -1.92. The zero-order valence-electron chi connectivity index (χ0n) is 8.60. The summed E-state index contributed by atoms with van der Waals surface area (Å²) in [5.74, 6) is 0. The minimum absolute atomic E-state index is 1.06. The molecule has 74 valence electrons. The molecule has 2 heteroatoms. The van der Waals surface area contributed by atoms with Gasteiger partial charge in [-0.3, -0.25) is 4.98 Å². The maximum absolute atomic E-state index is 4.23. The largest absolute Gasteiger partial charge is 0.255 e. The lowest BCUT2D eigenvalue weighted by molar-refractivity contribution is 1.09. The van der Waals surface area contributed by atoms with Crippen LogP contribution in [0.4, 0.5) is 0 Å². The lowest BCUT2D eigenvalue weighted by Crippen LogP contribution is -1.75. The van der Waals surface area contributed by atoms with E-state index in [4.69, 9.17) is 0 Å². The van der Waals surface area contributed by atoms with Crippen molar-refractivity contribution < 1.29 is 0 Å². The third-order valence-corrected chi connectivity index (χ3v) is 2.33. The molecule has 0 aliphatic heterocycles. The summed E-state index contributed by atoms with van der Waals surface area (Å²) >= 11 is 1.71. The van der Waals surface area contributed by atoms with Gasteiger partial charge in [0.2, 0.25) is 0 Å². The first-order chi connectivity index (χ1) is 6.88. The van der Waals surface area contributed by atoms with Crippen LogP contribution in [0.2, 0.25) is 0 Å². The van der Waals surface area contributed by atoms with Gasteiger partial charge in [-0.2, -0.15) is 0 Å². The van der Waals surface area contributed by atoms with Gasteiger partial charge in [-0.05, 0) is 23.6 Å². The molecular weight excluding hydrogens is 190 g/mol. The molecule has 2 aromatic heterocycles. The van der Waals surface area contributed by atoms with E-state index in [2.05, 4.69) is 30.3 Å². The number of thiophene rings is 1. The Balaban J connectivity index is 0.000000293. The summed E-state index contributed by atoms with van der Waals surface area (Å²) in [4.78, 5) is 5.46. The van der Waals surface area contributed by atoms with E-state index >= 15 is 0 Å². The summed E-state index contributed by atoms with van der Waals surface area (Å²) in [5.41, 5.74) is 1.06. The average Bonchev–Trinajstić information content (AvgIpc) is 2.73. The first kappa shape index (κ1) is 10.9. The number of nitrogens with zero attached hydrogens (tertiary/aromatic N) is 1. The van der Waals surface area contributed by atoms with Gasteiger partial charge in [-0.25, -0.2) is 0 Å². The van der Waals surface area contributed by atoms with Crippen molar-refractivity contribution in [2.24, 2.45) is 0 Å². The molecule has 0 bridgehead atoms. The van der Waals surface area contributed by atoms with Crippen LogP contribution in [0, 0.1) is 0 Å². The number of aromatic nitrogens is 1. The van der Waals surface area contributed by atoms with Crippen molar-refractivity contribution in [3.05, 3.63) is 41.9 Å². The molecule has 0 aliphatic rings. The zero-order chi connectivity index (χ0) is 10.2. The molecule has 0 aliphatic carbocycles. The normalized spacial score (nSPS) is 9.00. The summed E-state index contributed by atoms with van der Waals surface area (Å²) in [5, 5.41) is 2.06. The highest BCUT2D eigenvalue weighted by molar-refractivity contribution is 7.13. The van der Waals surface area contributed by atoms with Gasteiger partial charge in [0.1, 0.15) is 0 Å². The standard InChI is InChI=1S/C9H7NS.C3H8/c1-2-6-10-8(4-1)9-5-3-7-11-9;1-3-2/h1-7H;3H2,1-2H3. The topological polar surface area (TPSA) is 12.9 Å². The third-order valence-electron chi connectivity index (χ3n) is 1.44. The third kappa shape index (κ3) is 3.30. The monoisotopic (exact) mass is 205 g/mol. The minimum atomic E-state index is 1.06. The molecule has 2 heterocycles. The molecule has 1 nitrogen and oxygen atoms in total. The van der Waals surface area contributed by atoms with E-state index in [9.17, 15) is 0 Å². The first-order valence-electron chi connectivity index (χ1n) is 4.83. The molecule has 0 unspecified atom stereocenters. The molecule has 0 N–H and O–H groups in total. The van der Waals surface area contributed by atoms with E-state index in [1.165, 1.54) is 11.3 Å². The van der Waals surface area contributed by atoms with E-state index in [1.807, 2.05) is 30.5 Å². The summed E-state index contributed by atoms with van der Waals surface area (Å²) in [6, 6.07) is 10.1. The number of hydrogen-bond donors (Lipinski definition) is 0. The van der Waals surface area contributed by atoms with Crippen LogP contribution in [0.1, 0.15) is 20.3 Å². The fraction of sp³-hybridized carbons (Fsp3) is 0.250. The van der Waals surface area contributed by atoms with Gasteiger partial charge in [0.25, 0.3) is 0 Å². The van der Waals surface area contributed by atoms with Gasteiger partial charge >= 0.3 is 0 Å². The van der Waals surface area contributed by atoms with Gasteiger partial charge < -0.3 is 0 Å². The molecule has 0 atom stereocenters. The Morgan fingerprint density at radius 2 is 1.93 bits per heavy atom. The van der Waals surface area contributed by atoms with E-state index in [-0.39, 0.29) is 0 Å². The highest BCUT2D eigenvalue weighted by atomic mass is 32.1. The molecule has 0 radical (unpaired) electrons. The van der Waals surface area contributed by atoms with Crippen molar-refractivity contribution in [3.63, 3.8) is 0 Å². The second-order valence-electron chi connectivity index (χ2n) is 2.90. The predicted octanol–water partition coefficient (Wildman–Crippen LogP) is 4.23. The van der Waals surface area contributed by atoms with Crippen LogP contribution < -0.4 is 0 Å². The zero-order valence-corrected chi connectivity index (χ0v) is 9.42. The molecule has 2 aromatic rings. The van der Waals surface area contributed by atoms with Crippen LogP contribution in [0.5, 0.6) is 0 Å². The van der Waals surface area contributed by atoms with Gasteiger partial charge in [0, 0.05) is 6.20 Å². The SMILES string of the molecule is CCC.c1ccc(-c2cccs2)nc1. The molecule has 2 rings (SSSR count). The van der Waals surface area contributed by atoms with Crippen molar-refractivity contribution in [1.29, 1.82) is 0 Å². The van der Waals surface area contributed by atoms with Crippen molar-refractivity contribution in [2.45, 2.75) is 20.3 Å². The Bertz CT molecular complexity index is 326. The molecule has 0 fully saturated rings. The van der Waals surface area contributed by atoms with E-state index < -0.39 is 0 Å². The average molecular weight is 205 g/mol. The predicted molar refractivity (Wildman–Crippen MR) is 63.5 cm³/mol. The van der Waals surface area contributed by atoms with Crippen LogP contribution >= 0.6 is 11.3 Å². The summed E-state index contributed by atoms with van der Waals surface area (Å²) in [7, 11) is 0. The molecule has 0 saturated carbocycles. The van der Waals surface area contributed by atoms with Crippen molar-refractivity contribution in [3.8, 4) is 10.6 Å². The first-order valence-corrected chi connectivity index (χ1v) is 5.71. The van der Waals surface area contributed by atoms with E-state index in [0.717, 1.165) is 5.69 Å². The van der Waals surface area contributed by atoms with Crippen molar-refractivity contribution in [2.75, 3.05) is 0 Å². The van der Waals surface area contributed by atoms with Crippen molar-refractivity contribution in [1.82, 2.24) is 4.98 Å². The molecule has 0 amide bonds. The summed E-state index contributed by atoms with van der Waals surface area (Å²) < 4.78 is 0. The van der Waals surface area contributed by atoms with Crippen LogP contribution in [-0.4, -0.2) is 4.98 Å². The molecule has 0 aromatic carbocycles. The molecule has 14 heavy (non-hydrogen) atoms. The molecular formula is C12H15NS. The van der Waals surface area contributed by atoms with Gasteiger partial charge in [0.05, 0.1) is 10.6 Å². The second-order valence-corrected chi connectivity index (χ2v) is 3.85. The Morgan fingerprint density at radius 1 is 1.14 bits per heavy atom. The highest BCUT2D eigenvalue weighted by Gasteiger charge is 1.95. The summed E-state index contributed by atoms with van der Waals surface area (Å²) in [6.45, 7) is 4.25. The lowest BCUT2D eigenvalue weighted by atomic mass is 10.3. The fourth-order valence-electron chi connectivity index (χ4n) is 0.933. The van der Waals surface area contributed by atoms with Crippen LogP contribution in [0.25, 0.3) is 10.6 Å². The Labute approximate surface area is 89.4 Å².